The highest BCUT2D eigenvalue weighted by Crippen LogP contribution is 2.32. The van der Waals surface area contributed by atoms with Gasteiger partial charge in [0.05, 0.1) is 18.8 Å². The van der Waals surface area contributed by atoms with E-state index in [9.17, 15) is 4.79 Å². The minimum Gasteiger partial charge on any atom is -0.497 e. The van der Waals surface area contributed by atoms with Gasteiger partial charge < -0.3 is 9.64 Å². The van der Waals surface area contributed by atoms with Crippen LogP contribution in [0.2, 0.25) is 0 Å². The maximum Gasteiger partial charge on any atom is 0.223 e. The minimum absolute atomic E-state index is 0.169. The van der Waals surface area contributed by atoms with Gasteiger partial charge in [0.15, 0.2) is 0 Å². The Morgan fingerprint density at radius 1 is 1.19 bits per heavy atom. The molecule has 0 spiro atoms. The van der Waals surface area contributed by atoms with Gasteiger partial charge in [-0.15, -0.1) is 0 Å². The summed E-state index contributed by atoms with van der Waals surface area (Å²) in [5.41, 5.74) is 4.61. The molecule has 0 aliphatic carbocycles. The number of benzene rings is 1. The molecule has 146 valence electrons. The van der Waals surface area contributed by atoms with Gasteiger partial charge in [0.1, 0.15) is 5.75 Å². The first-order valence-electron chi connectivity index (χ1n) is 9.93. The summed E-state index contributed by atoms with van der Waals surface area (Å²) in [5, 5.41) is 4.47. The molecule has 2 aromatic rings. The summed E-state index contributed by atoms with van der Waals surface area (Å²) in [7, 11) is 3.64. The highest BCUT2D eigenvalue weighted by molar-refractivity contribution is 5.77. The van der Waals surface area contributed by atoms with E-state index in [-0.39, 0.29) is 11.9 Å². The number of carbonyl (C=O) groups excluding carboxylic acids is 1. The fourth-order valence-electron chi connectivity index (χ4n) is 4.13. The van der Waals surface area contributed by atoms with Crippen molar-refractivity contribution in [1.82, 2.24) is 14.7 Å². The molecule has 0 bridgehead atoms. The lowest BCUT2D eigenvalue weighted by molar-refractivity contribution is -0.133. The summed E-state index contributed by atoms with van der Waals surface area (Å²) < 4.78 is 7.18. The molecule has 0 saturated carbocycles. The van der Waals surface area contributed by atoms with E-state index in [4.69, 9.17) is 4.74 Å². The fourth-order valence-corrected chi connectivity index (χ4v) is 4.13. The van der Waals surface area contributed by atoms with Crippen LogP contribution in [0.25, 0.3) is 0 Å². The van der Waals surface area contributed by atoms with Crippen LogP contribution in [0, 0.1) is 13.8 Å². The van der Waals surface area contributed by atoms with Crippen molar-refractivity contribution in [2.24, 2.45) is 7.05 Å². The molecule has 1 aliphatic heterocycles. The summed E-state index contributed by atoms with van der Waals surface area (Å²) in [6.45, 7) is 4.95. The van der Waals surface area contributed by atoms with Gasteiger partial charge in [-0.2, -0.15) is 5.10 Å². The Bertz CT molecular complexity index is 780. The monoisotopic (exact) mass is 369 g/mol. The van der Waals surface area contributed by atoms with E-state index in [2.05, 4.69) is 29.1 Å². The van der Waals surface area contributed by atoms with Gasteiger partial charge in [0.25, 0.3) is 0 Å². The molecule has 5 heteroatoms. The van der Waals surface area contributed by atoms with Crippen molar-refractivity contribution in [3.05, 3.63) is 46.8 Å². The summed E-state index contributed by atoms with van der Waals surface area (Å²) >= 11 is 0. The molecular weight excluding hydrogens is 338 g/mol. The number of aromatic nitrogens is 2. The van der Waals surface area contributed by atoms with Crippen molar-refractivity contribution in [2.45, 2.75) is 58.4 Å². The maximum absolute atomic E-state index is 13.1. The molecule has 1 aromatic carbocycles. The largest absolute Gasteiger partial charge is 0.497 e. The molecule has 1 atom stereocenters. The number of hydrogen-bond donors (Lipinski definition) is 0. The van der Waals surface area contributed by atoms with Crippen molar-refractivity contribution in [3.8, 4) is 5.75 Å². The second-order valence-corrected chi connectivity index (χ2v) is 7.50. The normalized spacial score (nSPS) is 17.6. The molecule has 1 aromatic heterocycles. The summed E-state index contributed by atoms with van der Waals surface area (Å²) in [4.78, 5) is 15.2. The van der Waals surface area contributed by atoms with Crippen LogP contribution in [0.1, 0.15) is 60.7 Å². The Morgan fingerprint density at radius 3 is 2.56 bits per heavy atom. The number of likely N-dealkylation sites (tertiary alicyclic amines) is 1. The molecule has 5 nitrogen and oxygen atoms in total. The number of methoxy groups -OCH3 is 1. The van der Waals surface area contributed by atoms with Crippen LogP contribution in [0.5, 0.6) is 5.75 Å². The second kappa shape index (κ2) is 8.59. The number of carbonyl (C=O) groups is 1. The molecule has 0 radical (unpaired) electrons. The Balaban J connectivity index is 1.74. The predicted octanol–water partition coefficient (Wildman–Crippen LogP) is 4.12. The van der Waals surface area contributed by atoms with E-state index in [1.165, 1.54) is 24.0 Å². The molecule has 3 rings (SSSR count). The zero-order valence-electron chi connectivity index (χ0n) is 17.0. The topological polar surface area (TPSA) is 47.4 Å². The molecule has 1 fully saturated rings. The molecule has 27 heavy (non-hydrogen) atoms. The van der Waals surface area contributed by atoms with Crippen molar-refractivity contribution in [3.63, 3.8) is 0 Å². The van der Waals surface area contributed by atoms with Gasteiger partial charge in [0.2, 0.25) is 5.91 Å². The van der Waals surface area contributed by atoms with Crippen LogP contribution >= 0.6 is 0 Å². The standard InChI is InChI=1S/C22H31N3O2/c1-16-20(17(2)24(3)23-16)13-14-22(26)25-15-7-5-6-8-21(25)18-9-11-19(27-4)12-10-18/h9-12,21H,5-8,13-15H2,1-4H3. The van der Waals surface area contributed by atoms with Gasteiger partial charge in [0, 0.05) is 25.7 Å². The fraction of sp³-hybridized carbons (Fsp3) is 0.545. The first-order chi connectivity index (χ1) is 13.0. The average Bonchev–Trinajstić information content (AvgIpc) is 2.86. The zero-order chi connectivity index (χ0) is 19.4. The van der Waals surface area contributed by atoms with Crippen LogP contribution in [-0.4, -0.2) is 34.2 Å². The van der Waals surface area contributed by atoms with Crippen molar-refractivity contribution >= 4 is 5.91 Å². The van der Waals surface area contributed by atoms with Crippen molar-refractivity contribution in [2.75, 3.05) is 13.7 Å². The summed E-state index contributed by atoms with van der Waals surface area (Å²) in [6.07, 6.45) is 5.78. The number of rotatable bonds is 5. The molecular formula is C22H31N3O2. The van der Waals surface area contributed by atoms with Crippen molar-refractivity contribution in [1.29, 1.82) is 0 Å². The average molecular weight is 370 g/mol. The SMILES string of the molecule is COc1ccc(C2CCCCCN2C(=O)CCc2c(C)nn(C)c2C)cc1. The van der Waals surface area contributed by atoms with E-state index in [0.29, 0.717) is 6.42 Å². The molecule has 2 heterocycles. The Hall–Kier alpha value is -2.30. The van der Waals surface area contributed by atoms with E-state index in [1.807, 2.05) is 30.8 Å². The van der Waals surface area contributed by atoms with E-state index < -0.39 is 0 Å². The van der Waals surface area contributed by atoms with Gasteiger partial charge in [-0.1, -0.05) is 25.0 Å². The summed E-state index contributed by atoms with van der Waals surface area (Å²) in [5.74, 6) is 1.10. The highest BCUT2D eigenvalue weighted by Gasteiger charge is 2.27. The van der Waals surface area contributed by atoms with Crippen molar-refractivity contribution < 1.29 is 9.53 Å². The molecule has 1 amide bonds. The Kier molecular flexibility index (Phi) is 6.19. The first kappa shape index (κ1) is 19.5. The number of amides is 1. The van der Waals surface area contributed by atoms with Crippen LogP contribution in [0.4, 0.5) is 0 Å². The second-order valence-electron chi connectivity index (χ2n) is 7.50. The summed E-state index contributed by atoms with van der Waals surface area (Å²) in [6, 6.07) is 8.35. The molecule has 1 aliphatic rings. The third-order valence-corrected chi connectivity index (χ3v) is 5.82. The zero-order valence-corrected chi connectivity index (χ0v) is 17.0. The smallest absolute Gasteiger partial charge is 0.223 e. The predicted molar refractivity (Wildman–Crippen MR) is 107 cm³/mol. The third-order valence-electron chi connectivity index (χ3n) is 5.82. The van der Waals surface area contributed by atoms with Gasteiger partial charge >= 0.3 is 0 Å². The molecule has 0 N–H and O–H groups in total. The van der Waals surface area contributed by atoms with E-state index in [1.54, 1.807) is 7.11 Å². The number of aryl methyl sites for hydroxylation is 2. The lowest BCUT2D eigenvalue weighted by Crippen LogP contribution is -2.35. The maximum atomic E-state index is 13.1. The van der Waals surface area contributed by atoms with Crippen LogP contribution < -0.4 is 4.74 Å². The number of nitrogens with zero attached hydrogens (tertiary/aromatic N) is 3. The Morgan fingerprint density at radius 2 is 1.93 bits per heavy atom. The van der Waals surface area contributed by atoms with Crippen LogP contribution in [-0.2, 0) is 18.3 Å². The van der Waals surface area contributed by atoms with Gasteiger partial charge in [-0.25, -0.2) is 0 Å². The molecule has 1 saturated heterocycles. The Labute approximate surface area is 162 Å². The third kappa shape index (κ3) is 4.34. The quantitative estimate of drug-likeness (QED) is 0.796. The number of ether oxygens (including phenoxy) is 1. The van der Waals surface area contributed by atoms with Crippen LogP contribution in [0.3, 0.4) is 0 Å². The van der Waals surface area contributed by atoms with E-state index >= 15 is 0 Å². The van der Waals surface area contributed by atoms with Gasteiger partial charge in [-0.05, 0) is 56.4 Å². The van der Waals surface area contributed by atoms with Crippen LogP contribution in [0.15, 0.2) is 24.3 Å². The lowest BCUT2D eigenvalue weighted by Gasteiger charge is -2.31. The molecule has 1 unspecified atom stereocenters. The number of hydrogen-bond acceptors (Lipinski definition) is 3. The van der Waals surface area contributed by atoms with E-state index in [0.717, 1.165) is 42.9 Å². The first-order valence-corrected chi connectivity index (χ1v) is 9.93. The highest BCUT2D eigenvalue weighted by atomic mass is 16.5. The van der Waals surface area contributed by atoms with Gasteiger partial charge in [-0.3, -0.25) is 9.48 Å². The minimum atomic E-state index is 0.169. The lowest BCUT2D eigenvalue weighted by atomic mass is 9.99.